The van der Waals surface area contributed by atoms with E-state index < -0.39 is 0 Å². The second-order valence-electron chi connectivity index (χ2n) is 8.62. The van der Waals surface area contributed by atoms with Crippen molar-refractivity contribution in [2.75, 3.05) is 0 Å². The van der Waals surface area contributed by atoms with Crippen LogP contribution in [-0.2, 0) is 6.42 Å². The Bertz CT molecular complexity index is 1470. The Morgan fingerprint density at radius 3 is 1.70 bits per heavy atom. The fourth-order valence-corrected chi connectivity index (χ4v) is 5.04. The van der Waals surface area contributed by atoms with E-state index >= 15 is 0 Å². The minimum Gasteiger partial charge on any atom is -0.309 e. The van der Waals surface area contributed by atoms with Crippen molar-refractivity contribution in [2.45, 2.75) is 12.3 Å². The SMILES string of the molecule is c1ccc(CC(c2ccccc2)c2cccc(-n3c4ccccc4c4ccccc43)c2)cc1. The van der Waals surface area contributed by atoms with Gasteiger partial charge in [-0.25, -0.2) is 0 Å². The maximum atomic E-state index is 2.40. The van der Waals surface area contributed by atoms with Crippen LogP contribution in [0, 0.1) is 0 Å². The van der Waals surface area contributed by atoms with Gasteiger partial charge >= 0.3 is 0 Å². The Balaban J connectivity index is 1.52. The summed E-state index contributed by atoms with van der Waals surface area (Å²) in [6, 6.07) is 48.2. The largest absolute Gasteiger partial charge is 0.309 e. The molecule has 1 atom stereocenters. The van der Waals surface area contributed by atoms with E-state index in [1.54, 1.807) is 0 Å². The summed E-state index contributed by atoms with van der Waals surface area (Å²) in [5.41, 5.74) is 7.74. The first kappa shape index (κ1) is 19.6. The summed E-state index contributed by atoms with van der Waals surface area (Å²) in [5, 5.41) is 2.59. The number of fused-ring (bicyclic) bond motifs is 3. The molecule has 6 aromatic rings. The Kier molecular flexibility index (Phi) is 5.01. The third kappa shape index (κ3) is 3.62. The molecule has 33 heavy (non-hydrogen) atoms. The van der Waals surface area contributed by atoms with Crippen LogP contribution >= 0.6 is 0 Å². The Labute approximate surface area is 194 Å². The van der Waals surface area contributed by atoms with Crippen LogP contribution in [0.5, 0.6) is 0 Å². The molecule has 0 spiro atoms. The van der Waals surface area contributed by atoms with Gasteiger partial charge in [0, 0.05) is 22.4 Å². The van der Waals surface area contributed by atoms with Crippen LogP contribution in [0.4, 0.5) is 0 Å². The molecule has 1 aromatic heterocycles. The van der Waals surface area contributed by atoms with Crippen molar-refractivity contribution in [3.8, 4) is 5.69 Å². The maximum absolute atomic E-state index is 2.40. The van der Waals surface area contributed by atoms with Crippen molar-refractivity contribution in [3.63, 3.8) is 0 Å². The van der Waals surface area contributed by atoms with E-state index in [9.17, 15) is 0 Å². The summed E-state index contributed by atoms with van der Waals surface area (Å²) in [5.74, 6) is 0.293. The lowest BCUT2D eigenvalue weighted by molar-refractivity contribution is 0.804. The van der Waals surface area contributed by atoms with Gasteiger partial charge in [-0.1, -0.05) is 109 Å². The van der Waals surface area contributed by atoms with Crippen LogP contribution in [0.1, 0.15) is 22.6 Å². The molecule has 0 bridgehead atoms. The summed E-state index contributed by atoms with van der Waals surface area (Å²) in [6.45, 7) is 0. The van der Waals surface area contributed by atoms with Crippen molar-refractivity contribution in [3.05, 3.63) is 150 Å². The molecule has 1 heteroatoms. The molecule has 1 unspecified atom stereocenters. The summed E-state index contributed by atoms with van der Waals surface area (Å²) >= 11 is 0. The summed E-state index contributed by atoms with van der Waals surface area (Å²) in [6.07, 6.45) is 0.974. The van der Waals surface area contributed by atoms with Gasteiger partial charge in [0.15, 0.2) is 0 Å². The van der Waals surface area contributed by atoms with Gasteiger partial charge in [-0.05, 0) is 47.4 Å². The first-order chi connectivity index (χ1) is 16.4. The number of hydrogen-bond donors (Lipinski definition) is 0. The highest BCUT2D eigenvalue weighted by Crippen LogP contribution is 2.34. The average Bonchev–Trinajstić information content (AvgIpc) is 3.23. The lowest BCUT2D eigenvalue weighted by Crippen LogP contribution is -2.06. The summed E-state index contributed by atoms with van der Waals surface area (Å²) in [7, 11) is 0. The lowest BCUT2D eigenvalue weighted by Gasteiger charge is -2.20. The van der Waals surface area contributed by atoms with Gasteiger partial charge in [-0.2, -0.15) is 0 Å². The Morgan fingerprint density at radius 2 is 1.03 bits per heavy atom. The van der Waals surface area contributed by atoms with Crippen molar-refractivity contribution < 1.29 is 0 Å². The fraction of sp³-hybridized carbons (Fsp3) is 0.0625. The molecule has 0 aliphatic heterocycles. The third-order valence-electron chi connectivity index (χ3n) is 6.60. The molecule has 0 aliphatic rings. The third-order valence-corrected chi connectivity index (χ3v) is 6.60. The average molecular weight is 424 g/mol. The van der Waals surface area contributed by atoms with E-state index in [2.05, 4.69) is 138 Å². The van der Waals surface area contributed by atoms with E-state index in [1.165, 1.54) is 44.2 Å². The molecular formula is C32H25N. The minimum atomic E-state index is 0.293. The highest BCUT2D eigenvalue weighted by Gasteiger charge is 2.17. The molecule has 1 nitrogen and oxygen atoms in total. The highest BCUT2D eigenvalue weighted by molar-refractivity contribution is 6.09. The van der Waals surface area contributed by atoms with Crippen molar-refractivity contribution in [2.24, 2.45) is 0 Å². The topological polar surface area (TPSA) is 4.93 Å². The van der Waals surface area contributed by atoms with Crippen LogP contribution in [-0.4, -0.2) is 4.57 Å². The predicted molar refractivity (Wildman–Crippen MR) is 139 cm³/mol. The van der Waals surface area contributed by atoms with E-state index in [0.29, 0.717) is 5.92 Å². The molecule has 6 rings (SSSR count). The van der Waals surface area contributed by atoms with Gasteiger partial charge in [-0.3, -0.25) is 0 Å². The molecule has 0 saturated carbocycles. The zero-order chi connectivity index (χ0) is 22.0. The highest BCUT2D eigenvalue weighted by atomic mass is 15.0. The van der Waals surface area contributed by atoms with E-state index in [1.807, 2.05) is 0 Å². The van der Waals surface area contributed by atoms with E-state index in [0.717, 1.165) is 6.42 Å². The molecule has 1 heterocycles. The smallest absolute Gasteiger partial charge is 0.0541 e. The predicted octanol–water partition coefficient (Wildman–Crippen LogP) is 8.16. The minimum absolute atomic E-state index is 0.293. The Hall–Kier alpha value is -4.10. The number of rotatable bonds is 5. The quantitative estimate of drug-likeness (QED) is 0.264. The monoisotopic (exact) mass is 423 g/mol. The van der Waals surface area contributed by atoms with Crippen LogP contribution < -0.4 is 0 Å². The second kappa shape index (κ2) is 8.44. The van der Waals surface area contributed by atoms with Crippen LogP contribution in [0.15, 0.2) is 133 Å². The molecule has 0 N–H and O–H groups in total. The van der Waals surface area contributed by atoms with Crippen molar-refractivity contribution >= 4 is 21.8 Å². The van der Waals surface area contributed by atoms with Gasteiger partial charge in [-0.15, -0.1) is 0 Å². The Morgan fingerprint density at radius 1 is 0.485 bits per heavy atom. The molecule has 0 aliphatic carbocycles. The van der Waals surface area contributed by atoms with Gasteiger partial charge in [0.1, 0.15) is 0 Å². The van der Waals surface area contributed by atoms with Gasteiger partial charge in [0.25, 0.3) is 0 Å². The first-order valence-corrected chi connectivity index (χ1v) is 11.6. The van der Waals surface area contributed by atoms with Crippen molar-refractivity contribution in [1.29, 1.82) is 0 Å². The number of para-hydroxylation sites is 2. The summed E-state index contributed by atoms with van der Waals surface area (Å²) < 4.78 is 2.40. The van der Waals surface area contributed by atoms with Crippen molar-refractivity contribution in [1.82, 2.24) is 4.57 Å². The van der Waals surface area contributed by atoms with Crippen LogP contribution in [0.25, 0.3) is 27.5 Å². The number of nitrogens with zero attached hydrogens (tertiary/aromatic N) is 1. The standard InChI is InChI=1S/C32H25N/c1-3-12-24(13-4-1)22-30(25-14-5-2-6-15-25)26-16-11-17-27(23-26)33-31-20-9-7-18-28(31)29-19-8-10-21-32(29)33/h1-21,23,30H,22H2. The van der Waals surface area contributed by atoms with Gasteiger partial charge in [0.2, 0.25) is 0 Å². The van der Waals surface area contributed by atoms with E-state index in [-0.39, 0.29) is 0 Å². The lowest BCUT2D eigenvalue weighted by atomic mass is 9.86. The number of hydrogen-bond acceptors (Lipinski definition) is 0. The summed E-state index contributed by atoms with van der Waals surface area (Å²) in [4.78, 5) is 0. The molecule has 0 fully saturated rings. The van der Waals surface area contributed by atoms with Crippen LogP contribution in [0.3, 0.4) is 0 Å². The molecule has 158 valence electrons. The van der Waals surface area contributed by atoms with Crippen LogP contribution in [0.2, 0.25) is 0 Å². The fourth-order valence-electron chi connectivity index (χ4n) is 5.04. The first-order valence-electron chi connectivity index (χ1n) is 11.6. The number of aromatic nitrogens is 1. The molecule has 0 saturated heterocycles. The maximum Gasteiger partial charge on any atom is 0.0541 e. The molecule has 0 radical (unpaired) electrons. The second-order valence-corrected chi connectivity index (χ2v) is 8.62. The van der Waals surface area contributed by atoms with Gasteiger partial charge in [0.05, 0.1) is 11.0 Å². The normalized spacial score (nSPS) is 12.2. The zero-order valence-corrected chi connectivity index (χ0v) is 18.4. The number of benzene rings is 5. The molecular weight excluding hydrogens is 398 g/mol. The zero-order valence-electron chi connectivity index (χ0n) is 18.4. The molecule has 5 aromatic carbocycles. The molecule has 0 amide bonds. The van der Waals surface area contributed by atoms with Gasteiger partial charge < -0.3 is 4.57 Å². The van der Waals surface area contributed by atoms with E-state index in [4.69, 9.17) is 0 Å².